The summed E-state index contributed by atoms with van der Waals surface area (Å²) in [7, 11) is -0.773. The van der Waals surface area contributed by atoms with Gasteiger partial charge in [-0.3, -0.25) is 4.79 Å². The number of hydrogen-bond acceptors (Lipinski definition) is 5. The fraction of sp³-hybridized carbons (Fsp3) is 0.300. The second kappa shape index (κ2) is 8.53. The lowest BCUT2D eigenvalue weighted by atomic mass is 10.1. The average molecular weight is 404 g/mol. The molecule has 7 nitrogen and oxygen atoms in total. The van der Waals surface area contributed by atoms with Gasteiger partial charge in [0.15, 0.2) is 6.10 Å². The van der Waals surface area contributed by atoms with E-state index >= 15 is 0 Å². The van der Waals surface area contributed by atoms with E-state index in [9.17, 15) is 18.0 Å². The Labute approximate surface area is 165 Å². The normalized spacial score (nSPS) is 12.5. The molecule has 2 aromatic carbocycles. The summed E-state index contributed by atoms with van der Waals surface area (Å²) in [5, 5.41) is 2.63. The highest BCUT2D eigenvalue weighted by Crippen LogP contribution is 2.22. The number of benzene rings is 2. The first-order valence-electron chi connectivity index (χ1n) is 8.64. The monoisotopic (exact) mass is 404 g/mol. The van der Waals surface area contributed by atoms with E-state index in [1.165, 1.54) is 33.2 Å². The zero-order chi connectivity index (χ0) is 21.1. The number of sulfonamides is 1. The summed E-state index contributed by atoms with van der Waals surface area (Å²) in [6.45, 7) is 4.98. The van der Waals surface area contributed by atoms with Gasteiger partial charge in [0.05, 0.1) is 10.5 Å². The van der Waals surface area contributed by atoms with Crippen LogP contribution in [0.2, 0.25) is 0 Å². The Hall–Kier alpha value is -2.71. The molecule has 1 unspecified atom stereocenters. The summed E-state index contributed by atoms with van der Waals surface area (Å²) in [4.78, 5) is 24.8. The minimum atomic E-state index is -3.64. The summed E-state index contributed by atoms with van der Waals surface area (Å²) >= 11 is 0. The Bertz CT molecular complexity index is 999. The maximum absolute atomic E-state index is 12.5. The average Bonchev–Trinajstić information content (AvgIpc) is 2.63. The number of aryl methyl sites for hydroxylation is 2. The standard InChI is InChI=1S/C20H24N2O5S/c1-13-8-6-7-9-17(13)20(24)27-15(3)19(23)21-18-12-16(11-10-14(18)2)28(25,26)22(4)5/h6-12,15H,1-5H3,(H,21,23). The van der Waals surface area contributed by atoms with Crippen LogP contribution in [0.5, 0.6) is 0 Å². The maximum Gasteiger partial charge on any atom is 0.339 e. The molecule has 1 atom stereocenters. The van der Waals surface area contributed by atoms with Gasteiger partial charge in [0, 0.05) is 19.8 Å². The number of nitrogens with zero attached hydrogens (tertiary/aromatic N) is 1. The molecule has 2 aromatic rings. The Morgan fingerprint density at radius 3 is 2.29 bits per heavy atom. The lowest BCUT2D eigenvalue weighted by Crippen LogP contribution is -2.30. The first-order valence-corrected chi connectivity index (χ1v) is 10.1. The molecule has 150 valence electrons. The quantitative estimate of drug-likeness (QED) is 0.748. The van der Waals surface area contributed by atoms with Crippen molar-refractivity contribution in [2.75, 3.05) is 19.4 Å². The van der Waals surface area contributed by atoms with E-state index in [1.807, 2.05) is 0 Å². The third kappa shape index (κ3) is 4.76. The van der Waals surface area contributed by atoms with E-state index in [0.29, 0.717) is 16.8 Å². The Morgan fingerprint density at radius 2 is 1.68 bits per heavy atom. The summed E-state index contributed by atoms with van der Waals surface area (Å²) in [6, 6.07) is 11.4. The van der Waals surface area contributed by atoms with Gasteiger partial charge < -0.3 is 10.1 Å². The van der Waals surface area contributed by atoms with Crippen molar-refractivity contribution in [2.24, 2.45) is 0 Å². The number of ether oxygens (including phenoxy) is 1. The molecule has 0 fully saturated rings. The Morgan fingerprint density at radius 1 is 1.04 bits per heavy atom. The van der Waals surface area contributed by atoms with Crippen LogP contribution in [0.3, 0.4) is 0 Å². The van der Waals surface area contributed by atoms with E-state index in [1.54, 1.807) is 44.2 Å². The number of hydrogen-bond donors (Lipinski definition) is 1. The van der Waals surface area contributed by atoms with E-state index in [-0.39, 0.29) is 4.90 Å². The van der Waals surface area contributed by atoms with Crippen LogP contribution in [-0.2, 0) is 19.6 Å². The van der Waals surface area contributed by atoms with Crippen molar-refractivity contribution in [1.82, 2.24) is 4.31 Å². The highest BCUT2D eigenvalue weighted by Gasteiger charge is 2.22. The predicted molar refractivity (Wildman–Crippen MR) is 107 cm³/mol. The van der Waals surface area contributed by atoms with E-state index < -0.39 is 28.0 Å². The molecule has 0 aliphatic rings. The first-order chi connectivity index (χ1) is 13.0. The fourth-order valence-electron chi connectivity index (χ4n) is 2.42. The molecule has 0 aliphatic carbocycles. The third-order valence-electron chi connectivity index (χ3n) is 4.26. The highest BCUT2D eigenvalue weighted by atomic mass is 32.2. The Balaban J connectivity index is 2.16. The zero-order valence-electron chi connectivity index (χ0n) is 16.5. The highest BCUT2D eigenvalue weighted by molar-refractivity contribution is 7.89. The van der Waals surface area contributed by atoms with Crippen LogP contribution in [0, 0.1) is 13.8 Å². The number of anilines is 1. The molecular weight excluding hydrogens is 380 g/mol. The van der Waals surface area contributed by atoms with Crippen molar-refractivity contribution in [3.05, 3.63) is 59.2 Å². The SMILES string of the molecule is Cc1ccc(S(=O)(=O)N(C)C)cc1NC(=O)C(C)OC(=O)c1ccccc1C. The van der Waals surface area contributed by atoms with Gasteiger partial charge >= 0.3 is 5.97 Å². The van der Waals surface area contributed by atoms with E-state index in [2.05, 4.69) is 5.32 Å². The van der Waals surface area contributed by atoms with Crippen LogP contribution in [0.4, 0.5) is 5.69 Å². The molecule has 0 radical (unpaired) electrons. The van der Waals surface area contributed by atoms with Gasteiger partial charge in [0.25, 0.3) is 5.91 Å². The molecule has 2 rings (SSSR count). The van der Waals surface area contributed by atoms with Crippen LogP contribution in [0.25, 0.3) is 0 Å². The topological polar surface area (TPSA) is 92.8 Å². The summed E-state index contributed by atoms with van der Waals surface area (Å²) in [6.07, 6.45) is -1.05. The minimum absolute atomic E-state index is 0.0583. The number of carbonyl (C=O) groups is 2. The largest absolute Gasteiger partial charge is 0.449 e. The minimum Gasteiger partial charge on any atom is -0.449 e. The number of amides is 1. The van der Waals surface area contributed by atoms with E-state index in [0.717, 1.165) is 9.87 Å². The molecule has 28 heavy (non-hydrogen) atoms. The van der Waals surface area contributed by atoms with Gasteiger partial charge in [-0.25, -0.2) is 17.5 Å². The van der Waals surface area contributed by atoms with Gasteiger partial charge in [0.1, 0.15) is 0 Å². The van der Waals surface area contributed by atoms with Crippen molar-refractivity contribution in [1.29, 1.82) is 0 Å². The van der Waals surface area contributed by atoms with Gasteiger partial charge in [-0.1, -0.05) is 24.3 Å². The van der Waals surface area contributed by atoms with Gasteiger partial charge in [-0.05, 0) is 50.1 Å². The van der Waals surface area contributed by atoms with Crippen LogP contribution < -0.4 is 5.32 Å². The maximum atomic E-state index is 12.5. The van der Waals surface area contributed by atoms with Crippen LogP contribution in [0.15, 0.2) is 47.4 Å². The molecule has 0 bridgehead atoms. The second-order valence-electron chi connectivity index (χ2n) is 6.62. The van der Waals surface area contributed by atoms with Crippen LogP contribution in [-0.4, -0.2) is 44.8 Å². The molecular formula is C20H24N2O5S. The summed E-state index contributed by atoms with van der Waals surface area (Å²) < 4.78 is 30.9. The van der Waals surface area contributed by atoms with Gasteiger partial charge in [-0.15, -0.1) is 0 Å². The molecule has 0 spiro atoms. The van der Waals surface area contributed by atoms with Crippen molar-refractivity contribution in [2.45, 2.75) is 31.8 Å². The lowest BCUT2D eigenvalue weighted by molar-refractivity contribution is -0.123. The van der Waals surface area contributed by atoms with Crippen LogP contribution in [0.1, 0.15) is 28.4 Å². The predicted octanol–water partition coefficient (Wildman–Crippen LogP) is 2.74. The zero-order valence-corrected chi connectivity index (χ0v) is 17.3. The summed E-state index contributed by atoms with van der Waals surface area (Å²) in [5.41, 5.74) is 2.16. The van der Waals surface area contributed by atoms with Crippen molar-refractivity contribution >= 4 is 27.6 Å². The molecule has 0 heterocycles. The number of carbonyl (C=O) groups excluding carboxylic acids is 2. The van der Waals surface area contributed by atoms with Crippen LogP contribution >= 0.6 is 0 Å². The molecule has 0 saturated heterocycles. The smallest absolute Gasteiger partial charge is 0.339 e. The summed E-state index contributed by atoms with van der Waals surface area (Å²) in [5.74, 6) is -1.15. The molecule has 0 saturated carbocycles. The fourth-order valence-corrected chi connectivity index (χ4v) is 3.35. The molecule has 8 heteroatoms. The van der Waals surface area contributed by atoms with Crippen molar-refractivity contribution in [3.8, 4) is 0 Å². The van der Waals surface area contributed by atoms with E-state index in [4.69, 9.17) is 4.74 Å². The molecule has 1 N–H and O–H groups in total. The third-order valence-corrected chi connectivity index (χ3v) is 6.07. The first kappa shape index (κ1) is 21.6. The van der Waals surface area contributed by atoms with Gasteiger partial charge in [0.2, 0.25) is 10.0 Å². The number of nitrogens with one attached hydrogen (secondary N) is 1. The Kier molecular flexibility index (Phi) is 6.58. The lowest BCUT2D eigenvalue weighted by Gasteiger charge is -2.17. The molecule has 1 amide bonds. The molecule has 0 aliphatic heterocycles. The van der Waals surface area contributed by atoms with Crippen molar-refractivity contribution < 1.29 is 22.7 Å². The number of rotatable bonds is 6. The number of esters is 1. The van der Waals surface area contributed by atoms with Crippen molar-refractivity contribution in [3.63, 3.8) is 0 Å². The van der Waals surface area contributed by atoms with Gasteiger partial charge in [-0.2, -0.15) is 0 Å². The second-order valence-corrected chi connectivity index (χ2v) is 8.77. The molecule has 0 aromatic heterocycles.